The first-order valence-corrected chi connectivity index (χ1v) is 11.4. The number of rotatable bonds is 9. The fourth-order valence-corrected chi connectivity index (χ4v) is 3.47. The molecular formula is C27H33N3O5. The van der Waals surface area contributed by atoms with Crippen LogP contribution in [-0.4, -0.2) is 52.7 Å². The highest BCUT2D eigenvalue weighted by atomic mass is 16.6. The van der Waals surface area contributed by atoms with Crippen LogP contribution in [0.4, 0.5) is 4.79 Å². The molecule has 0 fully saturated rings. The summed E-state index contributed by atoms with van der Waals surface area (Å²) in [6, 6.07) is 14.0. The molecular weight excluding hydrogens is 446 g/mol. The summed E-state index contributed by atoms with van der Waals surface area (Å²) in [5.41, 5.74) is 1.01. The summed E-state index contributed by atoms with van der Waals surface area (Å²) in [5, 5.41) is 15.1. The van der Waals surface area contributed by atoms with Crippen LogP contribution < -0.4 is 10.6 Å². The average Bonchev–Trinajstić information content (AvgIpc) is 2.81. The Balaban J connectivity index is 2.37. The number of nitrogens with zero attached hydrogens (tertiary/aromatic N) is 1. The molecule has 2 rings (SSSR count). The molecule has 0 aliphatic heterocycles. The molecule has 2 atom stereocenters. The fourth-order valence-electron chi connectivity index (χ4n) is 3.47. The van der Waals surface area contributed by atoms with Crippen molar-refractivity contribution >= 4 is 17.9 Å². The third-order valence-corrected chi connectivity index (χ3v) is 5.01. The molecule has 2 aromatic rings. The van der Waals surface area contributed by atoms with Gasteiger partial charge in [-0.05, 0) is 44.9 Å². The Morgan fingerprint density at radius 3 is 2.31 bits per heavy atom. The molecule has 186 valence electrons. The SMILES string of the molecule is C#Cc1ccccc1C(C(=O)NCc1ccccc1)N(CCO)C(=O)C(C)NC(=O)OC(C)(C)C. The number of hydrogen-bond acceptors (Lipinski definition) is 5. The van der Waals surface area contributed by atoms with E-state index in [1.165, 1.54) is 11.8 Å². The molecule has 0 heterocycles. The second kappa shape index (κ2) is 12.6. The monoisotopic (exact) mass is 479 g/mol. The van der Waals surface area contributed by atoms with Gasteiger partial charge in [-0.3, -0.25) is 9.59 Å². The number of aliphatic hydroxyl groups is 1. The molecule has 0 aliphatic rings. The maximum Gasteiger partial charge on any atom is 0.408 e. The van der Waals surface area contributed by atoms with Crippen LogP contribution in [-0.2, 0) is 20.9 Å². The van der Waals surface area contributed by atoms with Crippen molar-refractivity contribution < 1.29 is 24.2 Å². The second-order valence-corrected chi connectivity index (χ2v) is 8.96. The van der Waals surface area contributed by atoms with E-state index in [9.17, 15) is 19.5 Å². The fraction of sp³-hybridized carbons (Fsp3) is 0.370. The van der Waals surface area contributed by atoms with Crippen LogP contribution in [0, 0.1) is 12.3 Å². The van der Waals surface area contributed by atoms with Gasteiger partial charge in [0.15, 0.2) is 0 Å². The Hall–Kier alpha value is -3.83. The molecule has 2 unspecified atom stereocenters. The molecule has 0 aliphatic carbocycles. The topological polar surface area (TPSA) is 108 Å². The Bertz CT molecular complexity index is 1060. The van der Waals surface area contributed by atoms with Crippen LogP contribution in [0.2, 0.25) is 0 Å². The minimum absolute atomic E-state index is 0.151. The molecule has 0 aromatic heterocycles. The quantitative estimate of drug-likeness (QED) is 0.480. The number of amides is 3. The van der Waals surface area contributed by atoms with Crippen molar-refractivity contribution in [3.8, 4) is 12.3 Å². The van der Waals surface area contributed by atoms with Crippen LogP contribution in [0.1, 0.15) is 50.4 Å². The van der Waals surface area contributed by atoms with E-state index in [1.807, 2.05) is 30.3 Å². The summed E-state index contributed by atoms with van der Waals surface area (Å²) >= 11 is 0. The summed E-state index contributed by atoms with van der Waals surface area (Å²) in [5.74, 6) is 1.52. The van der Waals surface area contributed by atoms with Crippen LogP contribution in [0.15, 0.2) is 54.6 Å². The molecule has 8 nitrogen and oxygen atoms in total. The summed E-state index contributed by atoms with van der Waals surface area (Å²) in [6.07, 6.45) is 4.91. The lowest BCUT2D eigenvalue weighted by Gasteiger charge is -2.33. The first kappa shape index (κ1) is 27.4. The van der Waals surface area contributed by atoms with Crippen molar-refractivity contribution in [2.45, 2.75) is 51.9 Å². The third-order valence-electron chi connectivity index (χ3n) is 5.01. The van der Waals surface area contributed by atoms with E-state index in [0.29, 0.717) is 11.1 Å². The molecule has 0 saturated carbocycles. The normalized spacial score (nSPS) is 12.6. The van der Waals surface area contributed by atoms with E-state index in [0.717, 1.165) is 5.56 Å². The predicted octanol–water partition coefficient (Wildman–Crippen LogP) is 2.76. The molecule has 0 spiro atoms. The highest BCUT2D eigenvalue weighted by Gasteiger charge is 2.35. The van der Waals surface area contributed by atoms with Crippen molar-refractivity contribution in [1.29, 1.82) is 0 Å². The average molecular weight is 480 g/mol. The Labute approximate surface area is 206 Å². The number of hydrogen-bond donors (Lipinski definition) is 3. The number of ether oxygens (including phenoxy) is 1. The van der Waals surface area contributed by atoms with E-state index in [4.69, 9.17) is 11.2 Å². The second-order valence-electron chi connectivity index (χ2n) is 8.96. The van der Waals surface area contributed by atoms with Gasteiger partial charge in [0.2, 0.25) is 11.8 Å². The zero-order valence-electron chi connectivity index (χ0n) is 20.6. The van der Waals surface area contributed by atoms with Crippen LogP contribution in [0.5, 0.6) is 0 Å². The first-order valence-electron chi connectivity index (χ1n) is 11.4. The number of nitrogens with one attached hydrogen (secondary N) is 2. The van der Waals surface area contributed by atoms with Crippen LogP contribution >= 0.6 is 0 Å². The van der Waals surface area contributed by atoms with E-state index in [-0.39, 0.29) is 13.1 Å². The lowest BCUT2D eigenvalue weighted by molar-refractivity contribution is -0.142. The minimum Gasteiger partial charge on any atom is -0.444 e. The maximum absolute atomic E-state index is 13.5. The molecule has 0 bridgehead atoms. The van der Waals surface area contributed by atoms with Gasteiger partial charge < -0.3 is 25.4 Å². The zero-order chi connectivity index (χ0) is 26.0. The lowest BCUT2D eigenvalue weighted by atomic mass is 9.97. The minimum atomic E-state index is -1.13. The van der Waals surface area contributed by atoms with E-state index in [1.54, 1.807) is 45.0 Å². The maximum atomic E-state index is 13.5. The third kappa shape index (κ3) is 8.16. The summed E-state index contributed by atoms with van der Waals surface area (Å²) in [7, 11) is 0. The van der Waals surface area contributed by atoms with E-state index in [2.05, 4.69) is 16.6 Å². The van der Waals surface area contributed by atoms with Gasteiger partial charge in [0, 0.05) is 18.7 Å². The molecule has 35 heavy (non-hydrogen) atoms. The van der Waals surface area contributed by atoms with Gasteiger partial charge in [0.25, 0.3) is 0 Å². The van der Waals surface area contributed by atoms with Crippen LogP contribution in [0.3, 0.4) is 0 Å². The van der Waals surface area contributed by atoms with Crippen molar-refractivity contribution in [3.05, 3.63) is 71.3 Å². The Morgan fingerprint density at radius 2 is 1.71 bits per heavy atom. The molecule has 0 saturated heterocycles. The van der Waals surface area contributed by atoms with Crippen LogP contribution in [0.25, 0.3) is 0 Å². The largest absolute Gasteiger partial charge is 0.444 e. The number of carbonyl (C=O) groups is 3. The summed E-state index contributed by atoms with van der Waals surface area (Å²) in [6.45, 7) is 6.31. The molecule has 3 amide bonds. The Kier molecular flexibility index (Phi) is 9.86. The molecule has 0 radical (unpaired) electrons. The Morgan fingerprint density at radius 1 is 1.09 bits per heavy atom. The van der Waals surface area contributed by atoms with Gasteiger partial charge in [0.05, 0.1) is 6.61 Å². The van der Waals surface area contributed by atoms with Gasteiger partial charge in [-0.25, -0.2) is 4.79 Å². The molecule has 2 aromatic carbocycles. The number of benzene rings is 2. The first-order chi connectivity index (χ1) is 16.6. The van der Waals surface area contributed by atoms with E-state index >= 15 is 0 Å². The van der Waals surface area contributed by atoms with Gasteiger partial charge in [-0.15, -0.1) is 6.42 Å². The van der Waals surface area contributed by atoms with Crippen molar-refractivity contribution in [2.24, 2.45) is 0 Å². The van der Waals surface area contributed by atoms with Gasteiger partial charge in [-0.1, -0.05) is 54.5 Å². The number of alkyl carbamates (subject to hydrolysis) is 1. The van der Waals surface area contributed by atoms with E-state index < -0.39 is 42.2 Å². The molecule has 3 N–H and O–H groups in total. The predicted molar refractivity (Wildman–Crippen MR) is 133 cm³/mol. The highest BCUT2D eigenvalue weighted by Crippen LogP contribution is 2.25. The van der Waals surface area contributed by atoms with Gasteiger partial charge >= 0.3 is 6.09 Å². The van der Waals surface area contributed by atoms with Crippen molar-refractivity contribution in [2.75, 3.05) is 13.2 Å². The number of carbonyl (C=O) groups excluding carboxylic acids is 3. The van der Waals surface area contributed by atoms with Crippen molar-refractivity contribution in [1.82, 2.24) is 15.5 Å². The van der Waals surface area contributed by atoms with Crippen molar-refractivity contribution in [3.63, 3.8) is 0 Å². The number of terminal acetylenes is 1. The highest BCUT2D eigenvalue weighted by molar-refractivity contribution is 5.92. The summed E-state index contributed by atoms with van der Waals surface area (Å²) < 4.78 is 5.24. The van der Waals surface area contributed by atoms with Gasteiger partial charge in [0.1, 0.15) is 17.7 Å². The molecule has 8 heteroatoms. The number of aliphatic hydroxyl groups excluding tert-OH is 1. The zero-order valence-corrected chi connectivity index (χ0v) is 20.6. The summed E-state index contributed by atoms with van der Waals surface area (Å²) in [4.78, 5) is 40.4. The lowest BCUT2D eigenvalue weighted by Crippen LogP contribution is -2.52. The van der Waals surface area contributed by atoms with Gasteiger partial charge in [-0.2, -0.15) is 0 Å². The smallest absolute Gasteiger partial charge is 0.408 e. The standard InChI is InChI=1S/C27H33N3O5/c1-6-21-14-10-11-15-22(21)23(24(32)28-18-20-12-8-7-9-13-20)30(16-17-31)25(33)19(2)29-26(34)35-27(3,4)5/h1,7-15,19,23,31H,16-18H2,2-5H3,(H,28,32)(H,29,34).